The fourth-order valence-electron chi connectivity index (χ4n) is 8.96. The minimum atomic E-state index is 0.368. The third kappa shape index (κ3) is 4.55. The summed E-state index contributed by atoms with van der Waals surface area (Å²) in [5.41, 5.74) is 11.2. The summed E-state index contributed by atoms with van der Waals surface area (Å²) in [6.45, 7) is 8.40. The summed E-state index contributed by atoms with van der Waals surface area (Å²) in [5, 5.41) is 27.7. The monoisotopic (exact) mass is 724 g/mol. The molecular weight excluding hydrogens is 697 g/mol. The zero-order chi connectivity index (χ0) is 38.2. The Morgan fingerprint density at radius 2 is 0.965 bits per heavy atom. The highest BCUT2D eigenvalue weighted by atomic mass is 15.0. The van der Waals surface area contributed by atoms with Gasteiger partial charge in [-0.15, -0.1) is 0 Å². The smallest absolute Gasteiger partial charge is 0.212 e. The van der Waals surface area contributed by atoms with Crippen LogP contribution in [0.1, 0.15) is 11.1 Å². The van der Waals surface area contributed by atoms with E-state index in [1.807, 2.05) is 54.6 Å². The van der Waals surface area contributed by atoms with Crippen molar-refractivity contribution >= 4 is 71.1 Å². The summed E-state index contributed by atoms with van der Waals surface area (Å²) in [6, 6.07) is 62.3. The summed E-state index contributed by atoms with van der Waals surface area (Å²) in [6.07, 6.45) is 0. The maximum absolute atomic E-state index is 10.8. The number of aromatic nitrogens is 3. The molecule has 0 unspecified atom stereocenters. The molecule has 0 radical (unpaired) electrons. The number of nitriles is 2. The van der Waals surface area contributed by atoms with Gasteiger partial charge in [0.1, 0.15) is 6.07 Å². The van der Waals surface area contributed by atoms with E-state index in [0.29, 0.717) is 28.2 Å². The van der Waals surface area contributed by atoms with Crippen molar-refractivity contribution in [3.63, 3.8) is 0 Å². The van der Waals surface area contributed by atoms with Gasteiger partial charge < -0.3 is 13.7 Å². The average molecular weight is 725 g/mol. The fraction of sp³-hybridized carbons (Fsp3) is 0. The van der Waals surface area contributed by atoms with Crippen molar-refractivity contribution in [2.75, 3.05) is 0 Å². The lowest BCUT2D eigenvalue weighted by Crippen LogP contribution is -2.02. The zero-order valence-corrected chi connectivity index (χ0v) is 30.3. The van der Waals surface area contributed by atoms with E-state index in [4.69, 9.17) is 6.57 Å². The van der Waals surface area contributed by atoms with Crippen molar-refractivity contribution in [1.29, 1.82) is 10.5 Å². The van der Waals surface area contributed by atoms with Gasteiger partial charge in [-0.25, -0.2) is 4.85 Å². The maximum Gasteiger partial charge on any atom is 0.212 e. The molecule has 6 heteroatoms. The van der Waals surface area contributed by atoms with Gasteiger partial charge in [0.05, 0.1) is 62.7 Å². The molecule has 0 bridgehead atoms. The highest BCUT2D eigenvalue weighted by molar-refractivity contribution is 6.24. The van der Waals surface area contributed by atoms with Gasteiger partial charge in [0.15, 0.2) is 0 Å². The molecule has 3 aromatic heterocycles. The molecule has 3 heterocycles. The highest BCUT2D eigenvalue weighted by Crippen LogP contribution is 2.45. The number of nitrogens with zero attached hydrogens (tertiary/aromatic N) is 6. The van der Waals surface area contributed by atoms with Crippen LogP contribution in [0.25, 0.3) is 98.5 Å². The van der Waals surface area contributed by atoms with Crippen molar-refractivity contribution in [3.8, 4) is 40.3 Å². The number of hydrogen-bond acceptors (Lipinski definition) is 2. The van der Waals surface area contributed by atoms with E-state index in [9.17, 15) is 10.5 Å². The van der Waals surface area contributed by atoms with Gasteiger partial charge in [-0.3, -0.25) is 0 Å². The molecule has 0 amide bonds. The lowest BCUT2D eigenvalue weighted by molar-refractivity contribution is 1.14. The Hall–Kier alpha value is -8.37. The maximum atomic E-state index is 10.8. The Morgan fingerprint density at radius 1 is 0.456 bits per heavy atom. The average Bonchev–Trinajstić information content (AvgIpc) is 3.92. The van der Waals surface area contributed by atoms with Gasteiger partial charge in [-0.2, -0.15) is 10.5 Å². The second-order valence-electron chi connectivity index (χ2n) is 14.2. The van der Waals surface area contributed by atoms with Crippen LogP contribution in [-0.2, 0) is 0 Å². The molecule has 0 saturated carbocycles. The van der Waals surface area contributed by atoms with E-state index in [-0.39, 0.29) is 0 Å². The van der Waals surface area contributed by atoms with E-state index < -0.39 is 0 Å². The Morgan fingerprint density at radius 3 is 1.53 bits per heavy atom. The number of benzene rings is 8. The van der Waals surface area contributed by atoms with Crippen LogP contribution in [0, 0.1) is 29.2 Å². The second-order valence-corrected chi connectivity index (χ2v) is 14.2. The third-order valence-electron chi connectivity index (χ3n) is 11.3. The minimum Gasteiger partial charge on any atom is -0.318 e. The predicted molar refractivity (Wildman–Crippen MR) is 231 cm³/mol. The van der Waals surface area contributed by atoms with Crippen LogP contribution >= 0.6 is 0 Å². The van der Waals surface area contributed by atoms with Crippen molar-refractivity contribution in [3.05, 3.63) is 192 Å². The van der Waals surface area contributed by atoms with Gasteiger partial charge in [0.25, 0.3) is 0 Å². The van der Waals surface area contributed by atoms with E-state index in [1.54, 1.807) is 6.07 Å². The van der Waals surface area contributed by atoms with Crippen LogP contribution in [-0.4, -0.2) is 13.7 Å². The zero-order valence-electron chi connectivity index (χ0n) is 30.3. The summed E-state index contributed by atoms with van der Waals surface area (Å²) in [4.78, 5) is 4.03. The van der Waals surface area contributed by atoms with E-state index in [0.717, 1.165) is 82.2 Å². The molecule has 0 saturated heterocycles. The molecule has 11 rings (SSSR count). The predicted octanol–water partition coefficient (Wildman–Crippen LogP) is 12.9. The lowest BCUT2D eigenvalue weighted by Gasteiger charge is -2.19. The number of para-hydroxylation sites is 5. The first-order valence-corrected chi connectivity index (χ1v) is 18.7. The van der Waals surface area contributed by atoms with Crippen molar-refractivity contribution < 1.29 is 0 Å². The molecule has 0 atom stereocenters. The van der Waals surface area contributed by atoms with Crippen LogP contribution in [0.3, 0.4) is 0 Å². The molecular formula is C51H28N6. The molecule has 0 aliphatic carbocycles. The quantitative estimate of drug-likeness (QED) is 0.170. The lowest BCUT2D eigenvalue weighted by atomic mass is 9.97. The topological polar surface area (TPSA) is 66.7 Å². The minimum absolute atomic E-state index is 0.368. The van der Waals surface area contributed by atoms with Crippen molar-refractivity contribution in [2.24, 2.45) is 0 Å². The first kappa shape index (κ1) is 32.1. The third-order valence-corrected chi connectivity index (χ3v) is 11.3. The second kappa shape index (κ2) is 12.3. The van der Waals surface area contributed by atoms with Gasteiger partial charge in [-0.05, 0) is 71.8 Å². The molecule has 0 spiro atoms. The molecule has 11 aromatic rings. The first-order valence-electron chi connectivity index (χ1n) is 18.7. The summed E-state index contributed by atoms with van der Waals surface area (Å²) >= 11 is 0. The fourth-order valence-corrected chi connectivity index (χ4v) is 8.96. The van der Waals surface area contributed by atoms with Crippen LogP contribution in [0.15, 0.2) is 170 Å². The van der Waals surface area contributed by atoms with Gasteiger partial charge in [0, 0.05) is 43.6 Å². The van der Waals surface area contributed by atoms with Gasteiger partial charge in [0.2, 0.25) is 5.69 Å². The van der Waals surface area contributed by atoms with Crippen LogP contribution in [0.5, 0.6) is 0 Å². The molecule has 57 heavy (non-hydrogen) atoms. The molecule has 0 aliphatic rings. The van der Waals surface area contributed by atoms with Gasteiger partial charge in [-0.1, -0.05) is 109 Å². The molecule has 0 fully saturated rings. The molecule has 8 aromatic carbocycles. The van der Waals surface area contributed by atoms with Crippen molar-refractivity contribution in [1.82, 2.24) is 13.7 Å². The Balaban J connectivity index is 1.29. The van der Waals surface area contributed by atoms with Crippen LogP contribution in [0.2, 0.25) is 0 Å². The Bertz CT molecular complexity index is 3560. The normalized spacial score (nSPS) is 11.5. The number of hydrogen-bond donors (Lipinski definition) is 0. The van der Waals surface area contributed by atoms with E-state index in [1.165, 1.54) is 0 Å². The van der Waals surface area contributed by atoms with E-state index in [2.05, 4.69) is 140 Å². The summed E-state index contributed by atoms with van der Waals surface area (Å²) in [5.74, 6) is 0. The molecule has 262 valence electrons. The SMILES string of the molecule is [C-]#[N+]c1cc(C#N)cc(-c2ccc(C#N)c(-n3c4ccccc4c4ccc5c6ccccc6n(-c6ccccc6)c5c43)c2)c1-n1c2ccccc2c2ccccc21. The number of fused-ring (bicyclic) bond motifs is 10. The Labute approximate surface area is 326 Å². The van der Waals surface area contributed by atoms with Crippen molar-refractivity contribution in [2.45, 2.75) is 0 Å². The standard InChI is InChI=1S/C51H28N6/c1-54-43-28-32(30-52)27-42(49(43)56-45-20-10-5-15-36(45)37-16-6-11-21-46(37)56)33-23-24-34(31-53)48(29-33)57-47-22-12-8-18-39(47)41-26-25-40-38-17-7-9-19-44(38)55(50(40)51(41)57)35-13-3-2-4-14-35/h2-29H. The largest absolute Gasteiger partial charge is 0.318 e. The van der Waals surface area contributed by atoms with Gasteiger partial charge >= 0.3 is 0 Å². The summed E-state index contributed by atoms with van der Waals surface area (Å²) < 4.78 is 6.71. The summed E-state index contributed by atoms with van der Waals surface area (Å²) in [7, 11) is 0. The van der Waals surface area contributed by atoms with E-state index >= 15 is 0 Å². The van der Waals surface area contributed by atoms with Crippen LogP contribution in [0.4, 0.5) is 5.69 Å². The molecule has 0 N–H and O–H groups in total. The first-order chi connectivity index (χ1) is 28.2. The highest BCUT2D eigenvalue weighted by Gasteiger charge is 2.24. The van der Waals surface area contributed by atoms with Crippen LogP contribution < -0.4 is 0 Å². The molecule has 0 aliphatic heterocycles. The Kier molecular flexibility index (Phi) is 6.95. The molecule has 6 nitrogen and oxygen atoms in total. The number of rotatable bonds is 4.